The summed E-state index contributed by atoms with van der Waals surface area (Å²) < 4.78 is 18.3. The highest BCUT2D eigenvalue weighted by Gasteiger charge is 2.39. The highest BCUT2D eigenvalue weighted by atomic mass is 19.1. The Morgan fingerprint density at radius 3 is 2.71 bits per heavy atom. The summed E-state index contributed by atoms with van der Waals surface area (Å²) in [5.41, 5.74) is 2.79. The van der Waals surface area contributed by atoms with Crippen LogP contribution in [-0.4, -0.2) is 34.5 Å². The van der Waals surface area contributed by atoms with Gasteiger partial charge in [0, 0.05) is 17.3 Å². The van der Waals surface area contributed by atoms with Gasteiger partial charge in [-0.3, -0.25) is 9.59 Å². The second-order valence-electron chi connectivity index (χ2n) is 7.27. The molecule has 2 amide bonds. The number of nitrogens with one attached hydrogen (secondary N) is 1. The van der Waals surface area contributed by atoms with E-state index in [0.29, 0.717) is 40.5 Å². The van der Waals surface area contributed by atoms with Crippen molar-refractivity contribution in [2.75, 3.05) is 11.4 Å². The van der Waals surface area contributed by atoms with Crippen LogP contribution in [0.5, 0.6) is 0 Å². The fraction of sp³-hybridized carbons (Fsp3) is 0.300. The van der Waals surface area contributed by atoms with E-state index in [0.717, 1.165) is 18.5 Å². The number of rotatable bonds is 4. The zero-order valence-corrected chi connectivity index (χ0v) is 15.1. The second kappa shape index (κ2) is 6.12. The number of halogens is 1. The number of carbonyl (C=O) groups excluding carboxylic acids is 2. The molecule has 1 atom stereocenters. The molecular formula is C20H17FN4O3. The zero-order valence-electron chi connectivity index (χ0n) is 15.1. The fourth-order valence-corrected chi connectivity index (χ4v) is 3.50. The van der Waals surface area contributed by atoms with Crippen LogP contribution in [-0.2, 0) is 4.79 Å². The Labute approximate surface area is 159 Å². The SMILES string of the molecule is Cc1noc2nc(C3CC3)cc(C(=O)N[C@H]3CN(c4ccc(F)cc4)C3=O)c12. The maximum atomic E-state index is 13.1. The minimum absolute atomic E-state index is 0.227. The largest absolute Gasteiger partial charge is 0.339 e. The number of aryl methyl sites for hydroxylation is 1. The first-order valence-electron chi connectivity index (χ1n) is 9.16. The van der Waals surface area contributed by atoms with E-state index < -0.39 is 6.04 Å². The van der Waals surface area contributed by atoms with E-state index in [1.165, 1.54) is 17.0 Å². The molecule has 1 aromatic carbocycles. The van der Waals surface area contributed by atoms with Gasteiger partial charge in [0.1, 0.15) is 11.9 Å². The van der Waals surface area contributed by atoms with Crippen molar-refractivity contribution in [3.8, 4) is 0 Å². The molecule has 5 rings (SSSR count). The first-order chi connectivity index (χ1) is 13.5. The van der Waals surface area contributed by atoms with Gasteiger partial charge in [-0.1, -0.05) is 5.16 Å². The molecule has 1 aliphatic carbocycles. The monoisotopic (exact) mass is 380 g/mol. The number of pyridine rings is 1. The van der Waals surface area contributed by atoms with Gasteiger partial charge in [0.2, 0.25) is 0 Å². The Bertz CT molecular complexity index is 1100. The summed E-state index contributed by atoms with van der Waals surface area (Å²) >= 11 is 0. The van der Waals surface area contributed by atoms with E-state index in [1.54, 1.807) is 25.1 Å². The van der Waals surface area contributed by atoms with Crippen LogP contribution in [0.3, 0.4) is 0 Å². The van der Waals surface area contributed by atoms with Crippen molar-refractivity contribution in [3.05, 3.63) is 53.1 Å². The highest BCUT2D eigenvalue weighted by molar-refractivity contribution is 6.11. The molecule has 142 valence electrons. The fourth-order valence-electron chi connectivity index (χ4n) is 3.50. The lowest BCUT2D eigenvalue weighted by atomic mass is 10.0. The van der Waals surface area contributed by atoms with Crippen molar-refractivity contribution >= 4 is 28.6 Å². The molecule has 1 saturated heterocycles. The number of hydrogen-bond acceptors (Lipinski definition) is 5. The molecule has 0 radical (unpaired) electrons. The van der Waals surface area contributed by atoms with Crippen molar-refractivity contribution in [2.45, 2.75) is 31.7 Å². The van der Waals surface area contributed by atoms with Crippen molar-refractivity contribution in [1.29, 1.82) is 0 Å². The number of benzene rings is 1. The third kappa shape index (κ3) is 2.72. The van der Waals surface area contributed by atoms with Crippen LogP contribution >= 0.6 is 0 Å². The Morgan fingerprint density at radius 2 is 2.04 bits per heavy atom. The Kier molecular flexibility index (Phi) is 3.68. The molecule has 28 heavy (non-hydrogen) atoms. The van der Waals surface area contributed by atoms with Crippen LogP contribution in [0.2, 0.25) is 0 Å². The van der Waals surface area contributed by atoms with Crippen molar-refractivity contribution in [1.82, 2.24) is 15.5 Å². The van der Waals surface area contributed by atoms with E-state index in [9.17, 15) is 14.0 Å². The summed E-state index contributed by atoms with van der Waals surface area (Å²) in [6.07, 6.45) is 2.08. The second-order valence-corrected chi connectivity index (χ2v) is 7.27. The van der Waals surface area contributed by atoms with Crippen molar-refractivity contribution in [3.63, 3.8) is 0 Å². The molecule has 1 saturated carbocycles. The normalized spacial score (nSPS) is 19.0. The summed E-state index contributed by atoms with van der Waals surface area (Å²) in [7, 11) is 0. The van der Waals surface area contributed by atoms with Gasteiger partial charge < -0.3 is 14.7 Å². The molecule has 2 aliphatic rings. The molecule has 0 spiro atoms. The molecule has 8 heteroatoms. The van der Waals surface area contributed by atoms with E-state index in [-0.39, 0.29) is 17.6 Å². The van der Waals surface area contributed by atoms with Crippen LogP contribution in [0.1, 0.15) is 40.5 Å². The maximum Gasteiger partial charge on any atom is 0.259 e. The van der Waals surface area contributed by atoms with Crippen LogP contribution in [0.15, 0.2) is 34.9 Å². The van der Waals surface area contributed by atoms with Crippen LogP contribution in [0, 0.1) is 12.7 Å². The molecule has 1 N–H and O–H groups in total. The molecular weight excluding hydrogens is 363 g/mol. The maximum absolute atomic E-state index is 13.1. The predicted molar refractivity (Wildman–Crippen MR) is 98.5 cm³/mol. The number of nitrogens with zero attached hydrogens (tertiary/aromatic N) is 3. The quantitative estimate of drug-likeness (QED) is 0.703. The highest BCUT2D eigenvalue weighted by Crippen LogP contribution is 2.40. The molecule has 2 aromatic heterocycles. The lowest BCUT2D eigenvalue weighted by Crippen LogP contribution is -2.64. The van der Waals surface area contributed by atoms with E-state index in [4.69, 9.17) is 4.52 Å². The molecule has 3 aromatic rings. The smallest absolute Gasteiger partial charge is 0.259 e. The summed E-state index contributed by atoms with van der Waals surface area (Å²) in [6, 6.07) is 6.85. The Balaban J connectivity index is 1.37. The number of amides is 2. The van der Waals surface area contributed by atoms with Crippen LogP contribution in [0.4, 0.5) is 10.1 Å². The minimum atomic E-state index is -0.620. The first-order valence-corrected chi connectivity index (χ1v) is 9.16. The van der Waals surface area contributed by atoms with Gasteiger partial charge >= 0.3 is 0 Å². The Hall–Kier alpha value is -3.29. The number of anilines is 1. The number of carbonyl (C=O) groups is 2. The van der Waals surface area contributed by atoms with Gasteiger partial charge in [-0.05, 0) is 50.1 Å². The van der Waals surface area contributed by atoms with E-state index in [1.807, 2.05) is 0 Å². The average molecular weight is 380 g/mol. The van der Waals surface area contributed by atoms with Gasteiger partial charge in [-0.25, -0.2) is 9.37 Å². The van der Waals surface area contributed by atoms with Gasteiger partial charge in [0.05, 0.1) is 23.2 Å². The topological polar surface area (TPSA) is 88.3 Å². The van der Waals surface area contributed by atoms with Gasteiger partial charge in [0.25, 0.3) is 17.5 Å². The molecule has 1 aliphatic heterocycles. The molecule has 2 fully saturated rings. The summed E-state index contributed by atoms with van der Waals surface area (Å²) in [4.78, 5) is 31.3. The molecule has 0 bridgehead atoms. The summed E-state index contributed by atoms with van der Waals surface area (Å²) in [5.74, 6) is -0.591. The molecule has 7 nitrogen and oxygen atoms in total. The predicted octanol–water partition coefficient (Wildman–Crippen LogP) is 2.69. The minimum Gasteiger partial charge on any atom is -0.339 e. The van der Waals surface area contributed by atoms with Gasteiger partial charge in [-0.2, -0.15) is 0 Å². The number of hydrogen-bond donors (Lipinski definition) is 1. The standard InChI is InChI=1S/C20H17FN4O3/c1-10-17-14(8-15(11-2-3-11)23-19(17)28-24-10)18(26)22-16-9-25(20(16)27)13-6-4-12(21)5-7-13/h4-8,11,16H,2-3,9H2,1H3,(H,22,26)/t16-/m0/s1. The lowest BCUT2D eigenvalue weighted by molar-refractivity contribution is -0.124. The van der Waals surface area contributed by atoms with Crippen LogP contribution in [0.25, 0.3) is 11.1 Å². The Morgan fingerprint density at radius 1 is 1.29 bits per heavy atom. The van der Waals surface area contributed by atoms with Gasteiger partial charge in [-0.15, -0.1) is 0 Å². The van der Waals surface area contributed by atoms with Crippen LogP contribution < -0.4 is 10.2 Å². The van der Waals surface area contributed by atoms with Crippen molar-refractivity contribution in [2.24, 2.45) is 0 Å². The summed E-state index contributed by atoms with van der Waals surface area (Å²) in [6.45, 7) is 2.09. The third-order valence-electron chi connectivity index (χ3n) is 5.25. The molecule has 0 unspecified atom stereocenters. The van der Waals surface area contributed by atoms with E-state index >= 15 is 0 Å². The number of fused-ring (bicyclic) bond motifs is 1. The number of aromatic nitrogens is 2. The molecule has 3 heterocycles. The first kappa shape index (κ1) is 16.9. The summed E-state index contributed by atoms with van der Waals surface area (Å²) in [5, 5.41) is 7.28. The third-order valence-corrected chi connectivity index (χ3v) is 5.25. The van der Waals surface area contributed by atoms with Crippen molar-refractivity contribution < 1.29 is 18.5 Å². The number of β-lactam (4-membered cyclic amide) rings is 1. The lowest BCUT2D eigenvalue weighted by Gasteiger charge is -2.38. The van der Waals surface area contributed by atoms with Gasteiger partial charge in [0.15, 0.2) is 0 Å². The van der Waals surface area contributed by atoms with E-state index in [2.05, 4.69) is 15.5 Å². The zero-order chi connectivity index (χ0) is 19.4. The average Bonchev–Trinajstić information content (AvgIpc) is 3.48.